The number of rotatable bonds is 9. The van der Waals surface area contributed by atoms with Gasteiger partial charge in [0.2, 0.25) is 8.32 Å². The van der Waals surface area contributed by atoms with E-state index in [1.54, 1.807) is 0 Å². The Labute approximate surface area is 155 Å². The van der Waals surface area contributed by atoms with Gasteiger partial charge in [-0.1, -0.05) is 54.5 Å². The largest absolute Gasteiger partial charge is 0.413 e. The van der Waals surface area contributed by atoms with Gasteiger partial charge in [-0.25, -0.2) is 0 Å². The number of aliphatic hydroxyl groups excluding tert-OH is 2. The first-order chi connectivity index (χ1) is 11.6. The third-order valence-electron chi connectivity index (χ3n) is 6.06. The van der Waals surface area contributed by atoms with Crippen molar-refractivity contribution in [2.45, 2.75) is 102 Å². The summed E-state index contributed by atoms with van der Waals surface area (Å²) < 4.78 is 13.1. The molecule has 4 nitrogen and oxygen atoms in total. The lowest BCUT2D eigenvalue weighted by molar-refractivity contribution is -0.166. The van der Waals surface area contributed by atoms with Crippen LogP contribution in [0.5, 0.6) is 0 Å². The average molecular weight is 373 g/mol. The van der Waals surface area contributed by atoms with Crippen LogP contribution in [0.25, 0.3) is 0 Å². The Balaban J connectivity index is 3.14. The lowest BCUT2D eigenvalue weighted by Crippen LogP contribution is -2.56. The van der Waals surface area contributed by atoms with Crippen LogP contribution in [0.1, 0.15) is 61.3 Å². The molecule has 148 valence electrons. The molecule has 5 atom stereocenters. The van der Waals surface area contributed by atoms with Gasteiger partial charge in [0.1, 0.15) is 6.10 Å². The molecule has 1 aliphatic rings. The van der Waals surface area contributed by atoms with Gasteiger partial charge in [-0.3, -0.25) is 0 Å². The maximum atomic E-state index is 10.2. The van der Waals surface area contributed by atoms with Gasteiger partial charge in [0, 0.05) is 12.3 Å². The first-order valence-electron chi connectivity index (χ1n) is 9.84. The Bertz CT molecular complexity index is 389. The molecule has 25 heavy (non-hydrogen) atoms. The molecule has 1 aliphatic heterocycles. The van der Waals surface area contributed by atoms with Crippen LogP contribution in [-0.4, -0.2) is 49.6 Å². The topological polar surface area (TPSA) is 58.9 Å². The van der Waals surface area contributed by atoms with Crippen LogP contribution in [0, 0.1) is 5.92 Å². The lowest BCUT2D eigenvalue weighted by Gasteiger charge is -2.49. The fourth-order valence-electron chi connectivity index (χ4n) is 4.71. The summed E-state index contributed by atoms with van der Waals surface area (Å²) in [5.74, 6) is 0.239. The Hall–Kier alpha value is -0.203. The molecule has 1 saturated heterocycles. The highest BCUT2D eigenvalue weighted by atomic mass is 28.4. The molecule has 0 aromatic heterocycles. The van der Waals surface area contributed by atoms with Gasteiger partial charge in [0.15, 0.2) is 0 Å². The zero-order valence-electron chi connectivity index (χ0n) is 17.2. The van der Waals surface area contributed by atoms with Gasteiger partial charge in [-0.15, -0.1) is 6.58 Å². The molecule has 2 N–H and O–H groups in total. The molecule has 0 spiro atoms. The monoisotopic (exact) mass is 372 g/mol. The van der Waals surface area contributed by atoms with E-state index < -0.39 is 14.4 Å². The van der Waals surface area contributed by atoms with Crippen molar-refractivity contribution in [2.24, 2.45) is 5.92 Å². The van der Waals surface area contributed by atoms with E-state index in [0.717, 1.165) is 6.42 Å². The second kappa shape index (κ2) is 9.65. The summed E-state index contributed by atoms with van der Waals surface area (Å²) >= 11 is 0. The molecule has 0 amide bonds. The SMILES string of the molecule is C=CC[C@H]1O[C@@H]([C@@H](O)CO)C[C@H](O[Si](C(C)C)(C(C)C)C(C)C)[C@H]1C. The van der Waals surface area contributed by atoms with E-state index >= 15 is 0 Å². The first kappa shape index (κ1) is 22.8. The minimum absolute atomic E-state index is 0.0272. The third kappa shape index (κ3) is 4.95. The fraction of sp³-hybridized carbons (Fsp3) is 0.900. The van der Waals surface area contributed by atoms with Crippen molar-refractivity contribution in [1.82, 2.24) is 0 Å². The molecule has 1 rings (SSSR count). The van der Waals surface area contributed by atoms with E-state index in [0.29, 0.717) is 23.0 Å². The molecule has 1 heterocycles. The highest BCUT2D eigenvalue weighted by Crippen LogP contribution is 2.45. The third-order valence-corrected chi connectivity index (χ3v) is 12.2. The molecule has 1 fully saturated rings. The highest BCUT2D eigenvalue weighted by molar-refractivity contribution is 6.77. The van der Waals surface area contributed by atoms with Crippen molar-refractivity contribution in [3.05, 3.63) is 12.7 Å². The van der Waals surface area contributed by atoms with E-state index in [-0.39, 0.29) is 30.8 Å². The summed E-state index contributed by atoms with van der Waals surface area (Å²) in [6, 6.07) is 0. The number of ether oxygens (including phenoxy) is 1. The van der Waals surface area contributed by atoms with Gasteiger partial charge in [0.25, 0.3) is 0 Å². The Kier molecular flexibility index (Phi) is 8.82. The van der Waals surface area contributed by atoms with E-state index in [2.05, 4.69) is 55.0 Å². The van der Waals surface area contributed by atoms with Crippen LogP contribution in [0.2, 0.25) is 16.6 Å². The summed E-state index contributed by atoms with van der Waals surface area (Å²) in [4.78, 5) is 0. The maximum Gasteiger partial charge on any atom is 0.200 e. The number of hydrogen-bond acceptors (Lipinski definition) is 4. The summed E-state index contributed by atoms with van der Waals surface area (Å²) in [6.07, 6.45) is 2.01. The summed E-state index contributed by atoms with van der Waals surface area (Å²) in [5, 5.41) is 19.5. The summed E-state index contributed by atoms with van der Waals surface area (Å²) in [5.41, 5.74) is 1.55. The van der Waals surface area contributed by atoms with Crippen LogP contribution >= 0.6 is 0 Å². The van der Waals surface area contributed by atoms with E-state index in [9.17, 15) is 10.2 Å². The highest BCUT2D eigenvalue weighted by Gasteiger charge is 2.49. The van der Waals surface area contributed by atoms with E-state index in [4.69, 9.17) is 9.16 Å². The predicted octanol–water partition coefficient (Wildman–Crippen LogP) is 4.27. The normalized spacial score (nSPS) is 29.4. The number of aliphatic hydroxyl groups is 2. The van der Waals surface area contributed by atoms with Crippen LogP contribution in [0.3, 0.4) is 0 Å². The summed E-state index contributed by atoms with van der Waals surface area (Å²) in [6.45, 7) is 19.5. The average Bonchev–Trinajstić information content (AvgIpc) is 2.53. The second-order valence-corrected chi connectivity index (χ2v) is 14.0. The fourth-order valence-corrected chi connectivity index (χ4v) is 10.4. The van der Waals surface area contributed by atoms with Gasteiger partial charge in [-0.05, 0) is 23.0 Å². The zero-order chi connectivity index (χ0) is 19.4. The van der Waals surface area contributed by atoms with Gasteiger partial charge < -0.3 is 19.4 Å². The van der Waals surface area contributed by atoms with E-state index in [1.807, 2.05) is 6.08 Å². The molecular weight excluding hydrogens is 332 g/mol. The van der Waals surface area contributed by atoms with Gasteiger partial charge >= 0.3 is 0 Å². The van der Waals surface area contributed by atoms with Crippen LogP contribution in [0.4, 0.5) is 0 Å². The second-order valence-electron chi connectivity index (χ2n) is 8.56. The maximum absolute atomic E-state index is 10.2. The zero-order valence-corrected chi connectivity index (χ0v) is 18.2. The van der Waals surface area contributed by atoms with Crippen molar-refractivity contribution in [2.75, 3.05) is 6.61 Å². The molecule has 0 aliphatic carbocycles. The quantitative estimate of drug-likeness (QED) is 0.469. The van der Waals surface area contributed by atoms with E-state index in [1.165, 1.54) is 0 Å². The van der Waals surface area contributed by atoms with Crippen LogP contribution in [0.15, 0.2) is 12.7 Å². The summed E-state index contributed by atoms with van der Waals surface area (Å²) in [7, 11) is -2.01. The molecule has 0 unspecified atom stereocenters. The van der Waals surface area contributed by atoms with Crippen molar-refractivity contribution in [1.29, 1.82) is 0 Å². The van der Waals surface area contributed by atoms with Gasteiger partial charge in [-0.2, -0.15) is 0 Å². The van der Waals surface area contributed by atoms with Crippen LogP contribution < -0.4 is 0 Å². The molecule has 0 saturated carbocycles. The van der Waals surface area contributed by atoms with Crippen LogP contribution in [-0.2, 0) is 9.16 Å². The lowest BCUT2D eigenvalue weighted by atomic mass is 9.87. The molecule has 0 aromatic carbocycles. The van der Waals surface area contributed by atoms with Gasteiger partial charge in [0.05, 0.1) is 24.9 Å². The minimum atomic E-state index is -2.01. The van der Waals surface area contributed by atoms with Crippen molar-refractivity contribution >= 4 is 8.32 Å². The Morgan fingerprint density at radius 1 is 1.16 bits per heavy atom. The first-order valence-corrected chi connectivity index (χ1v) is 12.0. The predicted molar refractivity (Wildman–Crippen MR) is 106 cm³/mol. The Morgan fingerprint density at radius 3 is 2.08 bits per heavy atom. The van der Waals surface area contributed by atoms with Crippen molar-refractivity contribution < 1.29 is 19.4 Å². The molecule has 0 bridgehead atoms. The minimum Gasteiger partial charge on any atom is -0.413 e. The molecule has 0 radical (unpaired) electrons. The molecular formula is C20H40O4Si. The van der Waals surface area contributed by atoms with Crippen molar-refractivity contribution in [3.63, 3.8) is 0 Å². The standard InChI is InChI=1S/C20H40O4Si/c1-9-10-18-16(8)19(11-20(23-18)17(22)12-21)24-25(13(2)3,14(4)5)15(6)7/h9,13-22H,1,10-12H2,2-8H3/t16-,17-,18+,19-,20+/m0/s1. The molecule has 0 aromatic rings. The number of hydrogen-bond donors (Lipinski definition) is 2. The molecule has 5 heteroatoms. The van der Waals surface area contributed by atoms with Crippen molar-refractivity contribution in [3.8, 4) is 0 Å². The smallest absolute Gasteiger partial charge is 0.200 e. The Morgan fingerprint density at radius 2 is 1.68 bits per heavy atom.